The molecule has 0 radical (unpaired) electrons. The average Bonchev–Trinajstić information content (AvgIpc) is 2.15. The molecule has 0 nitrogen and oxygen atoms in total. The second kappa shape index (κ2) is 4.88. The van der Waals surface area contributed by atoms with E-state index in [0.29, 0.717) is 10.8 Å². The molecule has 0 saturated heterocycles. The van der Waals surface area contributed by atoms with Gasteiger partial charge in [0.15, 0.2) is 0 Å². The molecular weight excluding hydrogens is 192 g/mol. The summed E-state index contributed by atoms with van der Waals surface area (Å²) < 4.78 is 0. The van der Waals surface area contributed by atoms with Crippen molar-refractivity contribution in [2.45, 2.75) is 65.7 Å². The van der Waals surface area contributed by atoms with Gasteiger partial charge in [-0.1, -0.05) is 40.0 Å². The zero-order valence-corrected chi connectivity index (χ0v) is 10.8. The Kier molecular flexibility index (Phi) is 4.30. The van der Waals surface area contributed by atoms with E-state index >= 15 is 0 Å². The van der Waals surface area contributed by atoms with Crippen LogP contribution < -0.4 is 0 Å². The number of halogens is 1. The van der Waals surface area contributed by atoms with Crippen LogP contribution in [0.15, 0.2) is 0 Å². The Labute approximate surface area is 94.4 Å². The van der Waals surface area contributed by atoms with Crippen molar-refractivity contribution in [3.05, 3.63) is 0 Å². The summed E-state index contributed by atoms with van der Waals surface area (Å²) in [6, 6.07) is 0. The molecule has 1 rings (SSSR count). The van der Waals surface area contributed by atoms with Crippen LogP contribution in [0.1, 0.15) is 65.7 Å². The highest BCUT2D eigenvalue weighted by atomic mass is 35.5. The maximum atomic E-state index is 6.17. The molecule has 1 aliphatic carbocycles. The van der Waals surface area contributed by atoms with Crippen LogP contribution in [-0.2, 0) is 0 Å². The van der Waals surface area contributed by atoms with Gasteiger partial charge >= 0.3 is 0 Å². The van der Waals surface area contributed by atoms with E-state index in [0.717, 1.165) is 5.88 Å². The first-order valence-corrected chi connectivity index (χ1v) is 6.57. The molecule has 0 heterocycles. The fraction of sp³-hybridized carbons (Fsp3) is 1.00. The van der Waals surface area contributed by atoms with E-state index in [9.17, 15) is 0 Å². The fourth-order valence-electron chi connectivity index (χ4n) is 2.39. The Hall–Kier alpha value is 0.290. The minimum absolute atomic E-state index is 0.469. The van der Waals surface area contributed by atoms with Crippen LogP contribution in [0.3, 0.4) is 0 Å². The van der Waals surface area contributed by atoms with Gasteiger partial charge in [-0.3, -0.25) is 0 Å². The standard InChI is InChI=1S/C13H25Cl/c1-12(2,3)9-10-13(11-14)7-5-4-6-8-13/h4-11H2,1-3H3. The molecule has 1 aliphatic rings. The maximum Gasteiger partial charge on any atom is 0.0280 e. The lowest BCUT2D eigenvalue weighted by Gasteiger charge is -2.37. The van der Waals surface area contributed by atoms with E-state index in [1.54, 1.807) is 0 Å². The van der Waals surface area contributed by atoms with E-state index in [1.165, 1.54) is 44.9 Å². The second-order valence-electron chi connectivity index (χ2n) is 6.25. The molecule has 0 aliphatic heterocycles. The molecule has 0 atom stereocenters. The summed E-state index contributed by atoms with van der Waals surface area (Å²) in [5.74, 6) is 0.878. The Morgan fingerprint density at radius 1 is 1.07 bits per heavy atom. The topological polar surface area (TPSA) is 0 Å². The van der Waals surface area contributed by atoms with Gasteiger partial charge in [0.05, 0.1) is 0 Å². The Bertz CT molecular complexity index is 161. The van der Waals surface area contributed by atoms with Crippen molar-refractivity contribution < 1.29 is 0 Å². The molecule has 0 unspecified atom stereocenters. The van der Waals surface area contributed by atoms with Gasteiger partial charge in [0.25, 0.3) is 0 Å². The summed E-state index contributed by atoms with van der Waals surface area (Å²) in [5.41, 5.74) is 0.962. The van der Waals surface area contributed by atoms with E-state index in [4.69, 9.17) is 11.6 Å². The molecule has 0 amide bonds. The monoisotopic (exact) mass is 216 g/mol. The van der Waals surface area contributed by atoms with Crippen LogP contribution in [0.2, 0.25) is 0 Å². The lowest BCUT2D eigenvalue weighted by Crippen LogP contribution is -2.27. The highest BCUT2D eigenvalue weighted by molar-refractivity contribution is 6.18. The molecule has 1 heteroatoms. The minimum atomic E-state index is 0.469. The molecule has 0 aromatic rings. The van der Waals surface area contributed by atoms with Gasteiger partial charge in [-0.25, -0.2) is 0 Å². The van der Waals surface area contributed by atoms with Crippen molar-refractivity contribution in [1.29, 1.82) is 0 Å². The van der Waals surface area contributed by atoms with Crippen LogP contribution in [0, 0.1) is 10.8 Å². The van der Waals surface area contributed by atoms with Crippen LogP contribution in [0.4, 0.5) is 0 Å². The van der Waals surface area contributed by atoms with Crippen molar-refractivity contribution in [2.75, 3.05) is 5.88 Å². The molecule has 84 valence electrons. The van der Waals surface area contributed by atoms with E-state index in [-0.39, 0.29) is 0 Å². The fourth-order valence-corrected chi connectivity index (χ4v) is 2.79. The lowest BCUT2D eigenvalue weighted by molar-refractivity contribution is 0.172. The predicted octanol–water partition coefficient (Wildman–Crippen LogP) is 5.00. The molecule has 0 aromatic heterocycles. The minimum Gasteiger partial charge on any atom is -0.126 e. The number of hydrogen-bond donors (Lipinski definition) is 0. The molecule has 1 saturated carbocycles. The summed E-state index contributed by atoms with van der Waals surface area (Å²) >= 11 is 6.17. The third-order valence-corrected chi connectivity index (χ3v) is 4.17. The lowest BCUT2D eigenvalue weighted by atomic mass is 9.70. The molecule has 0 bridgehead atoms. The molecule has 14 heavy (non-hydrogen) atoms. The predicted molar refractivity (Wildman–Crippen MR) is 64.9 cm³/mol. The molecule has 0 spiro atoms. The maximum absolute atomic E-state index is 6.17. The third-order valence-electron chi connectivity index (χ3n) is 3.60. The van der Waals surface area contributed by atoms with Crippen LogP contribution in [0.5, 0.6) is 0 Å². The number of alkyl halides is 1. The summed E-state index contributed by atoms with van der Waals surface area (Å²) in [4.78, 5) is 0. The summed E-state index contributed by atoms with van der Waals surface area (Å²) in [6.45, 7) is 6.99. The van der Waals surface area contributed by atoms with Gasteiger partial charge in [-0.15, -0.1) is 11.6 Å². The first kappa shape index (κ1) is 12.4. The zero-order chi connectivity index (χ0) is 10.7. The van der Waals surface area contributed by atoms with Gasteiger partial charge in [0.2, 0.25) is 0 Å². The van der Waals surface area contributed by atoms with E-state index in [2.05, 4.69) is 20.8 Å². The number of hydrogen-bond acceptors (Lipinski definition) is 0. The highest BCUT2D eigenvalue weighted by Crippen LogP contribution is 2.43. The van der Waals surface area contributed by atoms with Crippen molar-refractivity contribution in [3.63, 3.8) is 0 Å². The molecule has 0 N–H and O–H groups in total. The molecule has 1 fully saturated rings. The normalized spacial score (nSPS) is 22.3. The second-order valence-corrected chi connectivity index (χ2v) is 6.52. The zero-order valence-electron chi connectivity index (χ0n) is 10.0. The Balaban J connectivity index is 2.44. The van der Waals surface area contributed by atoms with E-state index in [1.807, 2.05) is 0 Å². The quantitative estimate of drug-likeness (QED) is 0.583. The van der Waals surface area contributed by atoms with Gasteiger partial charge in [-0.2, -0.15) is 0 Å². The van der Waals surface area contributed by atoms with Gasteiger partial charge in [-0.05, 0) is 36.5 Å². The molecular formula is C13H25Cl. The smallest absolute Gasteiger partial charge is 0.0280 e. The SMILES string of the molecule is CC(C)(C)CCC1(CCl)CCCCC1. The summed E-state index contributed by atoms with van der Waals surface area (Å²) in [6.07, 6.45) is 9.61. The largest absolute Gasteiger partial charge is 0.126 e. The van der Waals surface area contributed by atoms with Crippen molar-refractivity contribution in [1.82, 2.24) is 0 Å². The molecule has 0 aromatic carbocycles. The summed E-state index contributed by atoms with van der Waals surface area (Å²) in [5, 5.41) is 0. The average molecular weight is 217 g/mol. The van der Waals surface area contributed by atoms with Gasteiger partial charge in [0, 0.05) is 5.88 Å². The van der Waals surface area contributed by atoms with Crippen LogP contribution >= 0.6 is 11.6 Å². The van der Waals surface area contributed by atoms with Crippen molar-refractivity contribution in [2.24, 2.45) is 10.8 Å². The first-order chi connectivity index (χ1) is 6.47. The van der Waals surface area contributed by atoms with Gasteiger partial charge in [0.1, 0.15) is 0 Å². The third kappa shape index (κ3) is 3.81. The Morgan fingerprint density at radius 2 is 1.64 bits per heavy atom. The van der Waals surface area contributed by atoms with Crippen molar-refractivity contribution in [3.8, 4) is 0 Å². The van der Waals surface area contributed by atoms with Crippen LogP contribution in [0.25, 0.3) is 0 Å². The first-order valence-electron chi connectivity index (χ1n) is 6.04. The van der Waals surface area contributed by atoms with E-state index < -0.39 is 0 Å². The Morgan fingerprint density at radius 3 is 2.07 bits per heavy atom. The summed E-state index contributed by atoms with van der Waals surface area (Å²) in [7, 11) is 0. The number of rotatable bonds is 3. The highest BCUT2D eigenvalue weighted by Gasteiger charge is 2.31. The van der Waals surface area contributed by atoms with Crippen LogP contribution in [-0.4, -0.2) is 5.88 Å². The van der Waals surface area contributed by atoms with Crippen molar-refractivity contribution >= 4 is 11.6 Å². The van der Waals surface area contributed by atoms with Gasteiger partial charge < -0.3 is 0 Å².